The van der Waals surface area contributed by atoms with Crippen molar-refractivity contribution in [3.63, 3.8) is 0 Å². The molecule has 0 bridgehead atoms. The van der Waals surface area contributed by atoms with Gasteiger partial charge in [-0.1, -0.05) is 6.92 Å². The number of anilines is 1. The summed E-state index contributed by atoms with van der Waals surface area (Å²) in [6.45, 7) is 8.02. The first kappa shape index (κ1) is 15.3. The van der Waals surface area contributed by atoms with Crippen LogP contribution in [-0.4, -0.2) is 47.0 Å². The van der Waals surface area contributed by atoms with Gasteiger partial charge in [0.15, 0.2) is 0 Å². The third-order valence-electron chi connectivity index (χ3n) is 5.06. The number of amides is 1. The predicted molar refractivity (Wildman–Crippen MR) is 86.8 cm³/mol. The average molecular weight is 302 g/mol. The first-order valence-corrected chi connectivity index (χ1v) is 8.29. The number of carbonyl (C=O) groups is 1. The minimum atomic E-state index is 0.287. The second-order valence-corrected chi connectivity index (χ2v) is 6.90. The maximum atomic E-state index is 12.3. The summed E-state index contributed by atoms with van der Waals surface area (Å²) < 4.78 is 0. The van der Waals surface area contributed by atoms with Crippen molar-refractivity contribution in [3.05, 3.63) is 17.6 Å². The molecule has 1 aromatic heterocycles. The molecule has 1 aliphatic heterocycles. The van der Waals surface area contributed by atoms with E-state index in [-0.39, 0.29) is 5.92 Å². The van der Waals surface area contributed by atoms with E-state index in [2.05, 4.69) is 21.8 Å². The maximum absolute atomic E-state index is 12.3. The Labute approximate surface area is 132 Å². The lowest BCUT2D eigenvalue weighted by Gasteiger charge is -2.37. The van der Waals surface area contributed by atoms with Crippen LogP contribution < -0.4 is 4.90 Å². The van der Waals surface area contributed by atoms with Crippen molar-refractivity contribution in [1.29, 1.82) is 0 Å². The third-order valence-corrected chi connectivity index (χ3v) is 5.06. The van der Waals surface area contributed by atoms with Gasteiger partial charge < -0.3 is 9.80 Å². The second kappa shape index (κ2) is 5.86. The fourth-order valence-corrected chi connectivity index (χ4v) is 3.45. The minimum absolute atomic E-state index is 0.287. The van der Waals surface area contributed by atoms with Crippen LogP contribution >= 0.6 is 0 Å². The maximum Gasteiger partial charge on any atom is 0.225 e. The van der Waals surface area contributed by atoms with Crippen LogP contribution in [0.15, 0.2) is 6.07 Å². The van der Waals surface area contributed by atoms with Gasteiger partial charge in [-0.2, -0.15) is 0 Å². The SMILES string of the molecule is Cc1cc(N2CCC(N(C)C(=O)[C@@H]3C[C@H]3C)CC2)nc(C)n1. The zero-order valence-corrected chi connectivity index (χ0v) is 14.0. The molecular weight excluding hydrogens is 276 g/mol. The fourth-order valence-electron chi connectivity index (χ4n) is 3.45. The molecule has 2 heterocycles. The molecule has 0 unspecified atom stereocenters. The number of hydrogen-bond acceptors (Lipinski definition) is 4. The Morgan fingerprint density at radius 1 is 1.27 bits per heavy atom. The smallest absolute Gasteiger partial charge is 0.225 e. The Bertz CT molecular complexity index is 546. The van der Waals surface area contributed by atoms with E-state index in [0.717, 1.165) is 49.7 Å². The number of hydrogen-bond donors (Lipinski definition) is 0. The van der Waals surface area contributed by atoms with Crippen molar-refractivity contribution >= 4 is 11.7 Å². The van der Waals surface area contributed by atoms with Gasteiger partial charge in [-0.25, -0.2) is 9.97 Å². The van der Waals surface area contributed by atoms with Crippen molar-refractivity contribution in [3.8, 4) is 0 Å². The number of carbonyl (C=O) groups excluding carboxylic acids is 1. The van der Waals surface area contributed by atoms with Gasteiger partial charge in [0.1, 0.15) is 11.6 Å². The van der Waals surface area contributed by atoms with Crippen molar-refractivity contribution in [2.75, 3.05) is 25.0 Å². The normalized spacial score (nSPS) is 25.2. The van der Waals surface area contributed by atoms with Crippen molar-refractivity contribution in [2.24, 2.45) is 11.8 Å². The van der Waals surface area contributed by atoms with Gasteiger partial charge in [-0.3, -0.25) is 4.79 Å². The van der Waals surface area contributed by atoms with Gasteiger partial charge in [0.25, 0.3) is 0 Å². The first-order valence-electron chi connectivity index (χ1n) is 8.29. The van der Waals surface area contributed by atoms with E-state index in [9.17, 15) is 4.79 Å². The Kier molecular flexibility index (Phi) is 4.06. The van der Waals surface area contributed by atoms with E-state index >= 15 is 0 Å². The van der Waals surface area contributed by atoms with E-state index < -0.39 is 0 Å². The van der Waals surface area contributed by atoms with E-state index in [1.807, 2.05) is 31.9 Å². The second-order valence-electron chi connectivity index (χ2n) is 6.90. The minimum Gasteiger partial charge on any atom is -0.356 e. The Balaban J connectivity index is 1.59. The molecule has 120 valence electrons. The highest BCUT2D eigenvalue weighted by atomic mass is 16.2. The van der Waals surface area contributed by atoms with Crippen LogP contribution in [0.2, 0.25) is 0 Å². The summed E-state index contributed by atoms with van der Waals surface area (Å²) in [6, 6.07) is 2.43. The van der Waals surface area contributed by atoms with Gasteiger partial charge in [0, 0.05) is 43.9 Å². The number of nitrogens with zero attached hydrogens (tertiary/aromatic N) is 4. The average Bonchev–Trinajstić information content (AvgIpc) is 3.22. The van der Waals surface area contributed by atoms with Crippen molar-refractivity contribution in [1.82, 2.24) is 14.9 Å². The number of aryl methyl sites for hydroxylation is 2. The summed E-state index contributed by atoms with van der Waals surface area (Å²) in [5.74, 6) is 3.07. The summed E-state index contributed by atoms with van der Waals surface area (Å²) in [4.78, 5) is 25.5. The van der Waals surface area contributed by atoms with Crippen molar-refractivity contribution < 1.29 is 4.79 Å². The van der Waals surface area contributed by atoms with Gasteiger partial charge in [0.2, 0.25) is 5.91 Å². The zero-order valence-electron chi connectivity index (χ0n) is 14.0. The molecule has 2 fully saturated rings. The topological polar surface area (TPSA) is 49.3 Å². The lowest BCUT2D eigenvalue weighted by molar-refractivity contribution is -0.134. The van der Waals surface area contributed by atoms with Crippen LogP contribution in [0.4, 0.5) is 5.82 Å². The predicted octanol–water partition coefficient (Wildman–Crippen LogP) is 2.18. The van der Waals surface area contributed by atoms with Gasteiger partial charge in [0.05, 0.1) is 0 Å². The van der Waals surface area contributed by atoms with Gasteiger partial charge in [-0.15, -0.1) is 0 Å². The first-order chi connectivity index (χ1) is 10.5. The van der Waals surface area contributed by atoms with Crippen LogP contribution in [0.3, 0.4) is 0 Å². The lowest BCUT2D eigenvalue weighted by atomic mass is 10.0. The molecular formula is C17H26N4O. The zero-order chi connectivity index (χ0) is 15.9. The Hall–Kier alpha value is -1.65. The highest BCUT2D eigenvalue weighted by Crippen LogP contribution is 2.39. The highest BCUT2D eigenvalue weighted by Gasteiger charge is 2.42. The molecule has 0 spiro atoms. The van der Waals surface area contributed by atoms with Crippen molar-refractivity contribution in [2.45, 2.75) is 46.1 Å². The number of piperidine rings is 1. The molecule has 1 saturated carbocycles. The van der Waals surface area contributed by atoms with Crippen LogP contribution in [0.25, 0.3) is 0 Å². The lowest BCUT2D eigenvalue weighted by Crippen LogP contribution is -2.46. The summed E-state index contributed by atoms with van der Waals surface area (Å²) in [7, 11) is 1.98. The van der Waals surface area contributed by atoms with Crippen LogP contribution in [0.5, 0.6) is 0 Å². The summed E-state index contributed by atoms with van der Waals surface area (Å²) in [6.07, 6.45) is 3.11. The molecule has 0 N–H and O–H groups in total. The summed E-state index contributed by atoms with van der Waals surface area (Å²) in [5, 5.41) is 0. The number of aromatic nitrogens is 2. The molecule has 3 rings (SSSR count). The third kappa shape index (κ3) is 3.08. The standard InChI is InChI=1S/C17H26N4O/c1-11-9-15(11)17(22)20(4)14-5-7-21(8-6-14)16-10-12(2)18-13(3)19-16/h10-11,14-15H,5-9H2,1-4H3/t11-,15-/m1/s1. The van der Waals surface area contributed by atoms with Crippen LogP contribution in [0.1, 0.15) is 37.7 Å². The highest BCUT2D eigenvalue weighted by molar-refractivity contribution is 5.81. The largest absolute Gasteiger partial charge is 0.356 e. The molecule has 1 amide bonds. The molecule has 5 nitrogen and oxygen atoms in total. The summed E-state index contributed by atoms with van der Waals surface area (Å²) >= 11 is 0. The molecule has 2 atom stereocenters. The van der Waals surface area contributed by atoms with Gasteiger partial charge in [-0.05, 0) is 39.0 Å². The molecule has 0 aromatic carbocycles. The molecule has 1 saturated heterocycles. The van der Waals surface area contributed by atoms with E-state index in [0.29, 0.717) is 17.9 Å². The molecule has 2 aliphatic rings. The van der Waals surface area contributed by atoms with Crippen LogP contribution in [-0.2, 0) is 4.79 Å². The summed E-state index contributed by atoms with van der Waals surface area (Å²) in [5.41, 5.74) is 1.01. The molecule has 1 aromatic rings. The van der Waals surface area contributed by atoms with E-state index in [1.54, 1.807) is 0 Å². The monoisotopic (exact) mass is 302 g/mol. The quantitative estimate of drug-likeness (QED) is 0.858. The molecule has 1 aliphatic carbocycles. The van der Waals surface area contributed by atoms with E-state index in [1.165, 1.54) is 0 Å². The van der Waals surface area contributed by atoms with Crippen LogP contribution in [0, 0.1) is 25.7 Å². The molecule has 0 radical (unpaired) electrons. The Morgan fingerprint density at radius 2 is 1.91 bits per heavy atom. The van der Waals surface area contributed by atoms with Gasteiger partial charge >= 0.3 is 0 Å². The molecule has 22 heavy (non-hydrogen) atoms. The Morgan fingerprint density at radius 3 is 2.45 bits per heavy atom. The number of rotatable bonds is 3. The van der Waals surface area contributed by atoms with E-state index in [4.69, 9.17) is 0 Å². The fraction of sp³-hybridized carbons (Fsp3) is 0.706. The molecule has 5 heteroatoms.